The number of halogens is 1. The summed E-state index contributed by atoms with van der Waals surface area (Å²) >= 11 is 0. The molecule has 0 spiro atoms. The molecule has 1 atom stereocenters. The predicted molar refractivity (Wildman–Crippen MR) is 68.2 cm³/mol. The molecule has 19 heavy (non-hydrogen) atoms. The largest absolute Gasteiger partial charge is 0.480 e. The molecule has 1 aromatic carbocycles. The fourth-order valence-corrected chi connectivity index (χ4v) is 1.91. The van der Waals surface area contributed by atoms with E-state index in [2.05, 4.69) is 15.3 Å². The van der Waals surface area contributed by atoms with Crippen molar-refractivity contribution < 1.29 is 14.3 Å². The molecule has 3 N–H and O–H groups in total. The van der Waals surface area contributed by atoms with Gasteiger partial charge in [0, 0.05) is 11.3 Å². The van der Waals surface area contributed by atoms with E-state index in [1.807, 2.05) is 0 Å². The van der Waals surface area contributed by atoms with Crippen molar-refractivity contribution in [2.75, 3.05) is 7.05 Å². The van der Waals surface area contributed by atoms with Gasteiger partial charge < -0.3 is 15.4 Å². The zero-order valence-electron chi connectivity index (χ0n) is 10.6. The molecule has 6 heteroatoms. The van der Waals surface area contributed by atoms with Crippen LogP contribution in [0.15, 0.2) is 24.3 Å². The van der Waals surface area contributed by atoms with E-state index in [9.17, 15) is 9.18 Å². The Bertz CT molecular complexity index is 610. The predicted octanol–water partition coefficient (Wildman–Crippen LogP) is 1.87. The molecule has 0 fully saturated rings. The highest BCUT2D eigenvalue weighted by Gasteiger charge is 2.22. The second-order valence-electron chi connectivity index (χ2n) is 4.17. The van der Waals surface area contributed by atoms with Crippen LogP contribution in [0.3, 0.4) is 0 Å². The van der Waals surface area contributed by atoms with Gasteiger partial charge in [-0.15, -0.1) is 0 Å². The highest BCUT2D eigenvalue weighted by Crippen LogP contribution is 2.23. The average molecular weight is 263 g/mol. The lowest BCUT2D eigenvalue weighted by Crippen LogP contribution is -2.26. The van der Waals surface area contributed by atoms with Gasteiger partial charge in [-0.1, -0.05) is 12.1 Å². The van der Waals surface area contributed by atoms with Crippen molar-refractivity contribution >= 4 is 5.97 Å². The first-order valence-corrected chi connectivity index (χ1v) is 5.75. The number of aliphatic carboxylic acids is 1. The Morgan fingerprint density at radius 3 is 2.84 bits per heavy atom. The number of rotatable bonds is 4. The maximum atomic E-state index is 13.2. The number of aromatic nitrogens is 2. The molecule has 0 aliphatic heterocycles. The second-order valence-corrected chi connectivity index (χ2v) is 4.17. The van der Waals surface area contributed by atoms with Crippen molar-refractivity contribution in [1.29, 1.82) is 0 Å². The van der Waals surface area contributed by atoms with Crippen molar-refractivity contribution in [3.63, 3.8) is 0 Å². The van der Waals surface area contributed by atoms with E-state index in [1.54, 1.807) is 26.1 Å². The van der Waals surface area contributed by atoms with Gasteiger partial charge in [0.1, 0.15) is 11.6 Å². The fourth-order valence-electron chi connectivity index (χ4n) is 1.91. The Labute approximate surface area is 109 Å². The van der Waals surface area contributed by atoms with E-state index in [4.69, 9.17) is 5.11 Å². The van der Waals surface area contributed by atoms with Gasteiger partial charge in [-0.05, 0) is 26.1 Å². The van der Waals surface area contributed by atoms with Gasteiger partial charge in [-0.2, -0.15) is 0 Å². The molecule has 2 rings (SSSR count). The maximum Gasteiger partial charge on any atom is 0.328 e. The van der Waals surface area contributed by atoms with Gasteiger partial charge in [-0.3, -0.25) is 4.79 Å². The summed E-state index contributed by atoms with van der Waals surface area (Å²) < 4.78 is 13.2. The van der Waals surface area contributed by atoms with Crippen LogP contribution in [0, 0.1) is 12.7 Å². The molecule has 1 unspecified atom stereocenters. The van der Waals surface area contributed by atoms with Crippen LogP contribution in [-0.2, 0) is 4.79 Å². The van der Waals surface area contributed by atoms with Crippen LogP contribution < -0.4 is 5.32 Å². The Balaban J connectivity index is 2.44. The van der Waals surface area contributed by atoms with E-state index in [0.717, 1.165) is 0 Å². The smallest absolute Gasteiger partial charge is 0.328 e. The minimum Gasteiger partial charge on any atom is -0.480 e. The first-order valence-electron chi connectivity index (χ1n) is 5.75. The normalized spacial score (nSPS) is 12.4. The Kier molecular flexibility index (Phi) is 3.62. The summed E-state index contributed by atoms with van der Waals surface area (Å²) in [5, 5.41) is 11.7. The van der Waals surface area contributed by atoms with Crippen molar-refractivity contribution in [2.45, 2.75) is 13.0 Å². The minimum absolute atomic E-state index is 0.298. The molecule has 1 heterocycles. The minimum atomic E-state index is -1.03. The van der Waals surface area contributed by atoms with E-state index >= 15 is 0 Å². The lowest BCUT2D eigenvalue weighted by molar-refractivity contribution is -0.139. The Morgan fingerprint density at radius 1 is 1.53 bits per heavy atom. The molecule has 5 nitrogen and oxygen atoms in total. The first-order chi connectivity index (χ1) is 9.02. The summed E-state index contributed by atoms with van der Waals surface area (Å²) in [7, 11) is 1.54. The summed E-state index contributed by atoms with van der Waals surface area (Å²) in [6.07, 6.45) is 0. The molecular weight excluding hydrogens is 249 g/mol. The number of imidazole rings is 1. The molecule has 2 aromatic rings. The lowest BCUT2D eigenvalue weighted by Gasteiger charge is -2.06. The molecule has 0 aliphatic carbocycles. The van der Waals surface area contributed by atoms with Gasteiger partial charge in [-0.25, -0.2) is 9.37 Å². The molecule has 0 saturated carbocycles. The Hall–Kier alpha value is -2.21. The summed E-state index contributed by atoms with van der Waals surface area (Å²) in [5.41, 5.74) is 1.86. The monoisotopic (exact) mass is 263 g/mol. The second kappa shape index (κ2) is 5.19. The third kappa shape index (κ3) is 2.63. The van der Waals surface area contributed by atoms with Crippen LogP contribution in [-0.4, -0.2) is 28.1 Å². The zero-order chi connectivity index (χ0) is 14.0. The van der Waals surface area contributed by atoms with Crippen LogP contribution >= 0.6 is 0 Å². The lowest BCUT2D eigenvalue weighted by atomic mass is 10.1. The molecule has 1 aromatic heterocycles. The van der Waals surface area contributed by atoms with Crippen LogP contribution in [0.4, 0.5) is 4.39 Å². The van der Waals surface area contributed by atoms with Gasteiger partial charge in [0.05, 0.1) is 5.69 Å². The van der Waals surface area contributed by atoms with Crippen LogP contribution in [0.2, 0.25) is 0 Å². The highest BCUT2D eigenvalue weighted by molar-refractivity contribution is 5.75. The number of carbonyl (C=O) groups is 1. The molecule has 0 saturated heterocycles. The number of hydrogen-bond acceptors (Lipinski definition) is 3. The number of nitrogens with one attached hydrogen (secondary N) is 2. The van der Waals surface area contributed by atoms with Gasteiger partial charge in [0.25, 0.3) is 0 Å². The number of aromatic amines is 1. The number of hydrogen-bond donors (Lipinski definition) is 3. The third-order valence-corrected chi connectivity index (χ3v) is 2.81. The van der Waals surface area contributed by atoms with Crippen molar-refractivity contribution in [3.8, 4) is 11.3 Å². The molecule has 0 aliphatic rings. The van der Waals surface area contributed by atoms with Gasteiger partial charge >= 0.3 is 5.97 Å². The van der Waals surface area contributed by atoms with Gasteiger partial charge in [0.15, 0.2) is 6.04 Å². The third-order valence-electron chi connectivity index (χ3n) is 2.81. The standard InChI is InChI=1S/C13H14FN3O2/c1-7-10(8-4-3-5-9(14)6-8)17-12(16-7)11(15-2)13(18)19/h3-6,11,15H,1-2H3,(H,16,17)(H,18,19). The van der Waals surface area contributed by atoms with Gasteiger partial charge in [0.2, 0.25) is 0 Å². The summed E-state index contributed by atoms with van der Waals surface area (Å²) in [5.74, 6) is -1.08. The average Bonchev–Trinajstić information content (AvgIpc) is 2.71. The number of carboxylic acids is 1. The van der Waals surface area contributed by atoms with E-state index < -0.39 is 12.0 Å². The summed E-state index contributed by atoms with van der Waals surface area (Å²) in [4.78, 5) is 18.2. The number of carboxylic acid groups (broad SMARTS) is 1. The molecular formula is C13H14FN3O2. The van der Waals surface area contributed by atoms with E-state index in [0.29, 0.717) is 22.8 Å². The van der Waals surface area contributed by atoms with Crippen molar-refractivity contribution in [1.82, 2.24) is 15.3 Å². The van der Waals surface area contributed by atoms with Crippen molar-refractivity contribution in [3.05, 3.63) is 41.6 Å². The van der Waals surface area contributed by atoms with E-state index in [-0.39, 0.29) is 5.82 Å². The number of H-pyrrole nitrogens is 1. The summed E-state index contributed by atoms with van der Waals surface area (Å²) in [6, 6.07) is 5.11. The molecule has 0 radical (unpaired) electrons. The van der Waals surface area contributed by atoms with Crippen LogP contribution in [0.1, 0.15) is 17.6 Å². The topological polar surface area (TPSA) is 78.0 Å². The highest BCUT2D eigenvalue weighted by atomic mass is 19.1. The number of benzene rings is 1. The van der Waals surface area contributed by atoms with Crippen LogP contribution in [0.25, 0.3) is 11.3 Å². The molecule has 0 bridgehead atoms. The van der Waals surface area contributed by atoms with Crippen LogP contribution in [0.5, 0.6) is 0 Å². The number of likely N-dealkylation sites (N-methyl/N-ethyl adjacent to an activating group) is 1. The Morgan fingerprint density at radius 2 is 2.26 bits per heavy atom. The number of aryl methyl sites for hydroxylation is 1. The quantitative estimate of drug-likeness (QED) is 0.787. The SMILES string of the molecule is CNC(C(=O)O)c1nc(-c2cccc(F)c2)c(C)[nH]1. The zero-order valence-corrected chi connectivity index (χ0v) is 10.6. The number of nitrogens with zero attached hydrogens (tertiary/aromatic N) is 1. The molecule has 100 valence electrons. The van der Waals surface area contributed by atoms with E-state index in [1.165, 1.54) is 12.1 Å². The summed E-state index contributed by atoms with van der Waals surface area (Å²) in [6.45, 7) is 1.77. The maximum absolute atomic E-state index is 13.2. The van der Waals surface area contributed by atoms with Crippen molar-refractivity contribution in [2.24, 2.45) is 0 Å². The first kappa shape index (κ1) is 13.2. The fraction of sp³-hybridized carbons (Fsp3) is 0.231. The molecule has 0 amide bonds.